The van der Waals surface area contributed by atoms with Crippen LogP contribution in [-0.4, -0.2) is 27.0 Å². The Morgan fingerprint density at radius 3 is 2.95 bits per heavy atom. The molecule has 2 heterocycles. The normalized spacial score (nSPS) is 10.4. The number of imidazole rings is 1. The molecular weight excluding hydrogens is 242 g/mol. The summed E-state index contributed by atoms with van der Waals surface area (Å²) in [5, 5.41) is 2.85. The van der Waals surface area contributed by atoms with Crippen LogP contribution < -0.4 is 11.1 Å². The van der Waals surface area contributed by atoms with Crippen molar-refractivity contribution in [2.24, 2.45) is 12.8 Å². The quantitative estimate of drug-likeness (QED) is 0.805. The highest BCUT2D eigenvalue weighted by Gasteiger charge is 2.06. The topological polar surface area (TPSA) is 85.8 Å². The van der Waals surface area contributed by atoms with E-state index >= 15 is 0 Å². The Morgan fingerprint density at radius 1 is 1.42 bits per heavy atom. The fourth-order valence-electron chi connectivity index (χ4n) is 1.76. The Labute approximate surface area is 111 Å². The fraction of sp³-hybridized carbons (Fsp3) is 0.308. The van der Waals surface area contributed by atoms with Crippen molar-refractivity contribution in [2.75, 3.05) is 6.54 Å². The summed E-state index contributed by atoms with van der Waals surface area (Å²) in [6, 6.07) is 3.38. The van der Waals surface area contributed by atoms with Crippen molar-refractivity contribution in [3.63, 3.8) is 0 Å². The van der Waals surface area contributed by atoms with E-state index in [-0.39, 0.29) is 5.91 Å². The number of nitrogens with two attached hydrogens (primary N) is 1. The first-order chi connectivity index (χ1) is 9.20. The summed E-state index contributed by atoms with van der Waals surface area (Å²) in [5.74, 6) is 0.823. The van der Waals surface area contributed by atoms with E-state index in [9.17, 15) is 4.79 Å². The first kappa shape index (κ1) is 13.2. The van der Waals surface area contributed by atoms with E-state index in [0.717, 1.165) is 5.82 Å². The van der Waals surface area contributed by atoms with Gasteiger partial charge >= 0.3 is 0 Å². The highest BCUT2D eigenvalue weighted by Crippen LogP contribution is 2.01. The molecule has 3 N–H and O–H groups in total. The Kier molecular flexibility index (Phi) is 4.25. The van der Waals surface area contributed by atoms with E-state index in [1.807, 2.05) is 17.8 Å². The van der Waals surface area contributed by atoms with Crippen molar-refractivity contribution in [1.29, 1.82) is 0 Å². The van der Waals surface area contributed by atoms with Crippen LogP contribution in [0.15, 0.2) is 30.7 Å². The largest absolute Gasteiger partial charge is 0.352 e. The summed E-state index contributed by atoms with van der Waals surface area (Å²) >= 11 is 0. The summed E-state index contributed by atoms with van der Waals surface area (Å²) in [6.07, 6.45) is 5.92. The van der Waals surface area contributed by atoms with Crippen molar-refractivity contribution in [2.45, 2.75) is 13.0 Å². The van der Waals surface area contributed by atoms with Crippen LogP contribution >= 0.6 is 0 Å². The molecule has 0 fully saturated rings. The van der Waals surface area contributed by atoms with Crippen LogP contribution in [0.1, 0.15) is 21.9 Å². The van der Waals surface area contributed by atoms with Gasteiger partial charge in [0.25, 0.3) is 5.91 Å². The highest BCUT2D eigenvalue weighted by molar-refractivity contribution is 5.94. The van der Waals surface area contributed by atoms with Crippen molar-refractivity contribution < 1.29 is 4.79 Å². The molecule has 0 radical (unpaired) electrons. The van der Waals surface area contributed by atoms with E-state index in [1.165, 1.54) is 0 Å². The number of nitrogens with zero attached hydrogens (tertiary/aromatic N) is 3. The minimum Gasteiger partial charge on any atom is -0.352 e. The zero-order valence-corrected chi connectivity index (χ0v) is 10.8. The Bertz CT molecular complexity index is 564. The zero-order chi connectivity index (χ0) is 13.7. The highest BCUT2D eigenvalue weighted by atomic mass is 16.1. The van der Waals surface area contributed by atoms with Gasteiger partial charge in [0.15, 0.2) is 0 Å². The van der Waals surface area contributed by atoms with Crippen LogP contribution in [0.25, 0.3) is 0 Å². The smallest absolute Gasteiger partial charge is 0.251 e. The second-order valence-corrected chi connectivity index (χ2v) is 4.20. The average molecular weight is 259 g/mol. The third kappa shape index (κ3) is 3.38. The number of rotatable bonds is 5. The number of pyridine rings is 1. The average Bonchev–Trinajstić information content (AvgIpc) is 2.84. The maximum absolute atomic E-state index is 11.9. The van der Waals surface area contributed by atoms with E-state index in [1.54, 1.807) is 24.5 Å². The van der Waals surface area contributed by atoms with E-state index < -0.39 is 0 Å². The van der Waals surface area contributed by atoms with Gasteiger partial charge in [-0.3, -0.25) is 9.78 Å². The van der Waals surface area contributed by atoms with Crippen LogP contribution in [0.2, 0.25) is 0 Å². The lowest BCUT2D eigenvalue weighted by molar-refractivity contribution is 0.0953. The number of aryl methyl sites for hydroxylation is 1. The molecule has 0 aromatic carbocycles. The summed E-state index contributed by atoms with van der Waals surface area (Å²) in [4.78, 5) is 20.2. The molecule has 2 aromatic rings. The molecule has 0 aliphatic rings. The molecular formula is C13H17N5O. The molecule has 19 heavy (non-hydrogen) atoms. The maximum Gasteiger partial charge on any atom is 0.251 e. The van der Waals surface area contributed by atoms with Gasteiger partial charge in [0.05, 0.1) is 5.69 Å². The SMILES string of the molecule is Cn1ccnc1CCNC(=O)c1ccnc(CN)c1. The molecule has 0 bridgehead atoms. The van der Waals surface area contributed by atoms with Gasteiger partial charge < -0.3 is 15.6 Å². The predicted octanol–water partition coefficient (Wildman–Crippen LogP) is 0.246. The van der Waals surface area contributed by atoms with Gasteiger partial charge in [-0.1, -0.05) is 0 Å². The molecule has 100 valence electrons. The van der Waals surface area contributed by atoms with Gasteiger partial charge in [-0.05, 0) is 12.1 Å². The minimum absolute atomic E-state index is 0.119. The molecule has 0 saturated heterocycles. The molecule has 0 aliphatic carbocycles. The van der Waals surface area contributed by atoms with Gasteiger partial charge in [-0.15, -0.1) is 0 Å². The van der Waals surface area contributed by atoms with Crippen LogP contribution in [0, 0.1) is 0 Å². The summed E-state index contributed by atoms with van der Waals surface area (Å²) in [7, 11) is 1.93. The lowest BCUT2D eigenvalue weighted by Gasteiger charge is -2.06. The predicted molar refractivity (Wildman–Crippen MR) is 71.4 cm³/mol. The van der Waals surface area contributed by atoms with Crippen LogP contribution in [0.5, 0.6) is 0 Å². The standard InChI is InChI=1S/C13H17N5O/c1-18-7-6-16-12(18)3-5-17-13(19)10-2-4-15-11(8-10)9-14/h2,4,6-8H,3,5,9,14H2,1H3,(H,17,19). The second kappa shape index (κ2) is 6.10. The number of carbonyl (C=O) groups excluding carboxylic acids is 1. The first-order valence-corrected chi connectivity index (χ1v) is 6.10. The lowest BCUT2D eigenvalue weighted by Crippen LogP contribution is -2.26. The number of nitrogens with one attached hydrogen (secondary N) is 1. The van der Waals surface area contributed by atoms with Gasteiger partial charge in [-0.25, -0.2) is 4.98 Å². The lowest BCUT2D eigenvalue weighted by atomic mass is 10.2. The van der Waals surface area contributed by atoms with E-state index in [4.69, 9.17) is 5.73 Å². The molecule has 0 spiro atoms. The minimum atomic E-state index is -0.119. The maximum atomic E-state index is 11.9. The number of amides is 1. The van der Waals surface area contributed by atoms with Gasteiger partial charge in [-0.2, -0.15) is 0 Å². The monoisotopic (exact) mass is 259 g/mol. The van der Waals surface area contributed by atoms with Crippen LogP contribution in [-0.2, 0) is 20.0 Å². The first-order valence-electron chi connectivity index (χ1n) is 6.10. The third-order valence-corrected chi connectivity index (χ3v) is 2.84. The number of carbonyl (C=O) groups is 1. The van der Waals surface area contributed by atoms with Crippen molar-refractivity contribution >= 4 is 5.91 Å². The molecule has 2 rings (SSSR count). The fourth-order valence-corrected chi connectivity index (χ4v) is 1.76. The summed E-state index contributed by atoms with van der Waals surface area (Å²) in [6.45, 7) is 0.873. The Hall–Kier alpha value is -2.21. The molecule has 2 aromatic heterocycles. The van der Waals surface area contributed by atoms with Gasteiger partial charge in [0.1, 0.15) is 5.82 Å². The number of hydrogen-bond donors (Lipinski definition) is 2. The summed E-state index contributed by atoms with van der Waals surface area (Å²) in [5.41, 5.74) is 6.78. The molecule has 6 heteroatoms. The number of aromatic nitrogens is 3. The van der Waals surface area contributed by atoms with Crippen LogP contribution in [0.4, 0.5) is 0 Å². The molecule has 1 amide bonds. The van der Waals surface area contributed by atoms with E-state index in [2.05, 4.69) is 15.3 Å². The molecule has 0 aliphatic heterocycles. The van der Waals surface area contributed by atoms with Crippen molar-refractivity contribution in [1.82, 2.24) is 19.9 Å². The molecule has 0 atom stereocenters. The number of hydrogen-bond acceptors (Lipinski definition) is 4. The van der Waals surface area contributed by atoms with Crippen molar-refractivity contribution in [3.8, 4) is 0 Å². The van der Waals surface area contributed by atoms with Crippen LogP contribution in [0.3, 0.4) is 0 Å². The molecule has 0 saturated carbocycles. The zero-order valence-electron chi connectivity index (χ0n) is 10.8. The molecule has 6 nitrogen and oxygen atoms in total. The Balaban J connectivity index is 1.89. The third-order valence-electron chi connectivity index (χ3n) is 2.84. The Morgan fingerprint density at radius 2 is 2.26 bits per heavy atom. The second-order valence-electron chi connectivity index (χ2n) is 4.20. The summed E-state index contributed by atoms with van der Waals surface area (Å²) < 4.78 is 1.94. The molecule has 0 unspecified atom stereocenters. The van der Waals surface area contributed by atoms with E-state index in [0.29, 0.717) is 30.8 Å². The van der Waals surface area contributed by atoms with Gasteiger partial charge in [0, 0.05) is 50.7 Å². The van der Waals surface area contributed by atoms with Gasteiger partial charge in [0.2, 0.25) is 0 Å². The van der Waals surface area contributed by atoms with Crippen molar-refractivity contribution in [3.05, 3.63) is 47.8 Å².